The minimum absolute atomic E-state index is 0.0310. The van der Waals surface area contributed by atoms with E-state index >= 15 is 0 Å². The zero-order chi connectivity index (χ0) is 96.2. The van der Waals surface area contributed by atoms with E-state index in [2.05, 4.69) is 0 Å². The maximum absolute atomic E-state index is 11.8. The van der Waals surface area contributed by atoms with Crippen LogP contribution >= 0.6 is 0 Å². The number of aromatic hydroxyl groups is 20. The van der Waals surface area contributed by atoms with E-state index in [4.69, 9.17) is 0 Å². The predicted molar refractivity (Wildman–Crippen MR) is 531 cm³/mol. The topological polar surface area (TPSA) is 405 Å². The third kappa shape index (κ3) is 22.5. The Balaban J connectivity index is 0.000000136. The summed E-state index contributed by atoms with van der Waals surface area (Å²) in [6.07, 6.45) is 4.65. The van der Waals surface area contributed by atoms with Crippen LogP contribution in [0.2, 0.25) is 0 Å². The van der Waals surface area contributed by atoms with Crippen LogP contribution in [-0.4, -0.2) is 102 Å². The second kappa shape index (κ2) is 40.9. The van der Waals surface area contributed by atoms with Gasteiger partial charge in [0.1, 0.15) is 103 Å². The molecule has 0 aliphatic heterocycles. The Labute approximate surface area is 788 Å². The second-order valence-electron chi connectivity index (χ2n) is 34.3. The summed E-state index contributed by atoms with van der Waals surface area (Å²) >= 11 is 0. The summed E-state index contributed by atoms with van der Waals surface area (Å²) in [5, 5.41) is 211. The molecule has 19 aromatic carbocycles. The van der Waals surface area contributed by atoms with E-state index in [1.54, 1.807) is 170 Å². The normalized spacial score (nSPS) is 11.1. The lowest BCUT2D eigenvalue weighted by Gasteiger charge is -2.21. The molecule has 0 atom stereocenters. The van der Waals surface area contributed by atoms with Crippen LogP contribution in [0.1, 0.15) is 122 Å². The largest absolute Gasteiger partial charge is 0.508 e. The number of benzene rings is 19. The highest BCUT2D eigenvalue weighted by atomic mass is 16.3. The molecule has 0 aliphatic carbocycles. The van der Waals surface area contributed by atoms with Gasteiger partial charge < -0.3 is 102 Å². The van der Waals surface area contributed by atoms with Crippen LogP contribution in [0.15, 0.2) is 340 Å². The Bertz CT molecular complexity index is 7300. The minimum atomic E-state index is -0.239. The summed E-state index contributed by atoms with van der Waals surface area (Å²) in [4.78, 5) is 0. The summed E-state index contributed by atoms with van der Waals surface area (Å²) in [6, 6.07) is 96.7. The van der Waals surface area contributed by atoms with Gasteiger partial charge in [-0.15, -0.1) is 0 Å². The van der Waals surface area contributed by atoms with E-state index in [0.29, 0.717) is 121 Å². The molecular weight excluding hydrogens is 1730 g/mol. The molecule has 0 aromatic heterocycles. The molecule has 0 heterocycles. The van der Waals surface area contributed by atoms with Crippen LogP contribution in [0.3, 0.4) is 0 Å². The first-order chi connectivity index (χ1) is 66.0. The fourth-order valence-electron chi connectivity index (χ4n) is 17.4. The van der Waals surface area contributed by atoms with E-state index < -0.39 is 0 Å². The van der Waals surface area contributed by atoms with Gasteiger partial charge in [-0.25, -0.2) is 0 Å². The molecule has 0 fully saturated rings. The Morgan fingerprint density at radius 3 is 0.642 bits per heavy atom. The lowest BCUT2D eigenvalue weighted by molar-refractivity contribution is 0.404. The van der Waals surface area contributed by atoms with Crippen molar-refractivity contribution in [2.24, 2.45) is 0 Å². The highest BCUT2D eigenvalue weighted by Gasteiger charge is 2.26. The zero-order valence-corrected chi connectivity index (χ0v) is 74.1. The van der Waals surface area contributed by atoms with Crippen LogP contribution in [0.5, 0.6) is 115 Å². The van der Waals surface area contributed by atoms with Crippen LogP contribution in [-0.2, 0) is 70.6 Å². The van der Waals surface area contributed by atoms with Crippen molar-refractivity contribution in [3.05, 3.63) is 462 Å². The molecule has 0 unspecified atom stereocenters. The quantitative estimate of drug-likeness (QED) is 0.0280. The zero-order valence-electron chi connectivity index (χ0n) is 74.1. The summed E-state index contributed by atoms with van der Waals surface area (Å²) in [7, 11) is 0. The van der Waals surface area contributed by atoms with Crippen molar-refractivity contribution in [1.82, 2.24) is 0 Å². The molecule has 0 saturated carbocycles. The average Bonchev–Trinajstić information content (AvgIpc) is 0.639. The van der Waals surface area contributed by atoms with Gasteiger partial charge >= 0.3 is 0 Å². The standard InChI is InChI=1S/C38H32O6.2C31H26O5.C17H14O4/c39-30-9-1-23(2-10-30)17-28-21-27-22-29(18-24-3-11-31(40)12-4-24)38(44)35(20-26-7-15-33(42)16-8-26)36(27)34(37(28)43)19-25-5-13-32(41)14-6-25;32-24-8-1-19(2-9-24)15-23-18-22-7-14-29(35)27(16-20-3-10-25(33)11-4-20)30(22)28(31(23)36)17-21-5-12-26(34)13-6-21;32-25-7-1-19(2-8-25)13-23-16-22-17-24(14-20-3-9-26(33)10-4-20)31(36)29(28(22)18-30(23)35)15-21-5-11-27(34)12-6-21;18-13-4-1-10(2-5-13)7-12-8-11-3-6-14(19)9-15(11)17(21)16(12)20/h1-16,21-22,39-44H,17-20H2;1-14,18,32-36H,15-17H2;1-12,16-18,32-36H,13-15H2;1-6,8-9,18-21H,7H2. The van der Waals surface area contributed by atoms with Gasteiger partial charge in [0.15, 0.2) is 11.5 Å². The van der Waals surface area contributed by atoms with E-state index in [1.165, 1.54) is 12.1 Å². The molecule has 0 radical (unpaired) electrons. The van der Waals surface area contributed by atoms with Crippen molar-refractivity contribution in [1.29, 1.82) is 0 Å². The Kier molecular flexibility index (Phi) is 27.6. The van der Waals surface area contributed by atoms with Crippen molar-refractivity contribution in [3.63, 3.8) is 0 Å². The first-order valence-electron chi connectivity index (χ1n) is 44.2. The fraction of sp³-hybridized carbons (Fsp3) is 0.0940. The van der Waals surface area contributed by atoms with Gasteiger partial charge in [-0.2, -0.15) is 0 Å². The number of hydrogen-bond acceptors (Lipinski definition) is 20. The number of fused-ring (bicyclic) bond motifs is 4. The number of phenolic OH excluding ortho intramolecular Hbond substituents is 20. The molecule has 0 spiro atoms. The van der Waals surface area contributed by atoms with Gasteiger partial charge in [0.2, 0.25) is 0 Å². The molecule has 0 bridgehead atoms. The second-order valence-corrected chi connectivity index (χ2v) is 34.3. The third-order valence-electron chi connectivity index (χ3n) is 24.5. The van der Waals surface area contributed by atoms with Crippen LogP contribution < -0.4 is 0 Å². The molecule has 20 nitrogen and oxygen atoms in total. The highest BCUT2D eigenvalue weighted by molar-refractivity contribution is 5.97. The van der Waals surface area contributed by atoms with Crippen molar-refractivity contribution in [2.75, 3.05) is 0 Å². The van der Waals surface area contributed by atoms with Crippen LogP contribution in [0.4, 0.5) is 0 Å². The van der Waals surface area contributed by atoms with Gasteiger partial charge in [-0.05, 0) is 321 Å². The number of phenols is 20. The van der Waals surface area contributed by atoms with Crippen LogP contribution in [0.25, 0.3) is 43.1 Å². The first kappa shape index (κ1) is 92.5. The van der Waals surface area contributed by atoms with Crippen molar-refractivity contribution >= 4 is 43.1 Å². The van der Waals surface area contributed by atoms with Crippen molar-refractivity contribution < 1.29 is 102 Å². The van der Waals surface area contributed by atoms with Crippen molar-refractivity contribution in [2.45, 2.75) is 70.6 Å². The third-order valence-corrected chi connectivity index (χ3v) is 24.5. The first-order valence-corrected chi connectivity index (χ1v) is 44.2. The molecule has 137 heavy (non-hydrogen) atoms. The summed E-state index contributed by atoms with van der Waals surface area (Å²) in [5.41, 5.74) is 17.7. The van der Waals surface area contributed by atoms with Gasteiger partial charge in [-0.3, -0.25) is 0 Å². The van der Waals surface area contributed by atoms with Gasteiger partial charge in [0.05, 0.1) is 0 Å². The van der Waals surface area contributed by atoms with E-state index in [1.807, 2.05) is 158 Å². The van der Waals surface area contributed by atoms with Gasteiger partial charge in [-0.1, -0.05) is 146 Å². The lowest BCUT2D eigenvalue weighted by Crippen LogP contribution is -2.03. The predicted octanol–water partition coefficient (Wildman–Crippen LogP) is 23.0. The molecule has 20 N–H and O–H groups in total. The Morgan fingerprint density at radius 2 is 0.336 bits per heavy atom. The summed E-state index contributed by atoms with van der Waals surface area (Å²) < 4.78 is 0. The molecule has 20 heteroatoms. The lowest BCUT2D eigenvalue weighted by atomic mass is 9.85. The van der Waals surface area contributed by atoms with E-state index in [-0.39, 0.29) is 115 Å². The molecule has 686 valence electrons. The SMILES string of the molecule is Oc1ccc(Cc2cc3cc(Cc4ccc(O)cc4)c(O)c(Cc4ccc(O)cc4)c3c(Cc3ccc(O)cc3)c2O)cc1.Oc1ccc(Cc2cc3cc(Cc4ccc(O)cc4)c(O)c(Cc4ccc(O)cc4)c3cc2O)cc1.Oc1ccc(Cc2cc3ccc(O)c(Cc4ccc(O)cc4)c3c(Cc3ccc(O)cc3)c2O)cc1.Oc1ccc(Cc2cc3ccc(O)cc3c(O)c2O)cc1. The molecule has 0 amide bonds. The maximum atomic E-state index is 11.8. The Morgan fingerprint density at radius 1 is 0.124 bits per heavy atom. The molecular formula is C117H98O20. The molecule has 19 aromatic rings. The monoisotopic (exact) mass is 1820 g/mol. The maximum Gasteiger partial charge on any atom is 0.165 e. The number of hydrogen-bond donors (Lipinski definition) is 20. The van der Waals surface area contributed by atoms with E-state index in [0.717, 1.165) is 116 Å². The molecule has 0 aliphatic rings. The summed E-state index contributed by atoms with van der Waals surface area (Å²) in [5.74, 6) is 2.29. The minimum Gasteiger partial charge on any atom is -0.508 e. The van der Waals surface area contributed by atoms with Gasteiger partial charge in [0, 0.05) is 109 Å². The molecule has 19 rings (SSSR count). The van der Waals surface area contributed by atoms with E-state index in [9.17, 15) is 102 Å². The molecule has 0 saturated heterocycles. The van der Waals surface area contributed by atoms with Gasteiger partial charge in [0.25, 0.3) is 0 Å². The average molecular weight is 1820 g/mol. The highest BCUT2D eigenvalue weighted by Crippen LogP contribution is 2.47. The fourth-order valence-corrected chi connectivity index (χ4v) is 17.4. The van der Waals surface area contributed by atoms with Crippen LogP contribution in [0, 0.1) is 0 Å². The smallest absolute Gasteiger partial charge is 0.165 e. The Hall–Kier alpha value is -17.8. The summed E-state index contributed by atoms with van der Waals surface area (Å²) in [6.45, 7) is 0. The number of rotatable bonds is 22. The van der Waals surface area contributed by atoms with Crippen molar-refractivity contribution in [3.8, 4) is 115 Å².